The Morgan fingerprint density at radius 1 is 1.06 bits per heavy atom. The van der Waals surface area contributed by atoms with E-state index in [-0.39, 0.29) is 22.9 Å². The van der Waals surface area contributed by atoms with Crippen molar-refractivity contribution in [2.24, 2.45) is 0 Å². The number of nitrogens with one attached hydrogen (secondary N) is 1. The van der Waals surface area contributed by atoms with Gasteiger partial charge in [-0.1, -0.05) is 12.1 Å². The molecule has 0 fully saturated rings. The van der Waals surface area contributed by atoms with Gasteiger partial charge in [-0.15, -0.1) is 0 Å². The van der Waals surface area contributed by atoms with Gasteiger partial charge in [-0.3, -0.25) is 9.10 Å². The number of carbonyl (C=O) groups is 1. The second kappa shape index (κ2) is 9.60. The highest BCUT2D eigenvalue weighted by atomic mass is 32.2. The van der Waals surface area contributed by atoms with E-state index >= 15 is 0 Å². The number of anilines is 2. The molecule has 8 nitrogen and oxygen atoms in total. The van der Waals surface area contributed by atoms with E-state index in [1.165, 1.54) is 43.5 Å². The number of fused-ring (bicyclic) bond motifs is 1. The number of sulfonamides is 1. The summed E-state index contributed by atoms with van der Waals surface area (Å²) in [6, 6.07) is 14.4. The third kappa shape index (κ3) is 4.91. The molecular formula is C24H23FN2O6S. The van der Waals surface area contributed by atoms with Crippen LogP contribution in [0.4, 0.5) is 15.8 Å². The number of benzene rings is 3. The summed E-state index contributed by atoms with van der Waals surface area (Å²) in [5.41, 5.74) is 1.27. The minimum absolute atomic E-state index is 0.00115. The topological polar surface area (TPSA) is 94.2 Å². The van der Waals surface area contributed by atoms with Gasteiger partial charge in [0.1, 0.15) is 31.3 Å². The first-order valence-electron chi connectivity index (χ1n) is 10.4. The summed E-state index contributed by atoms with van der Waals surface area (Å²) in [7, 11) is -2.81. The number of carbonyl (C=O) groups excluding carboxylic acids is 1. The molecule has 10 heteroatoms. The van der Waals surface area contributed by atoms with Crippen LogP contribution < -0.4 is 23.8 Å². The van der Waals surface area contributed by atoms with E-state index in [1.807, 2.05) is 13.0 Å². The lowest BCUT2D eigenvalue weighted by atomic mass is 10.2. The van der Waals surface area contributed by atoms with Gasteiger partial charge in [0.05, 0.1) is 23.4 Å². The molecule has 0 aromatic heterocycles. The number of amides is 1. The quantitative estimate of drug-likeness (QED) is 0.547. The van der Waals surface area contributed by atoms with Crippen LogP contribution in [0.2, 0.25) is 0 Å². The maximum atomic E-state index is 14.0. The van der Waals surface area contributed by atoms with Gasteiger partial charge in [0, 0.05) is 6.07 Å². The number of ether oxygens (including phenoxy) is 3. The zero-order valence-electron chi connectivity index (χ0n) is 18.6. The first-order chi connectivity index (χ1) is 16.3. The zero-order valence-corrected chi connectivity index (χ0v) is 19.4. The molecule has 178 valence electrons. The summed E-state index contributed by atoms with van der Waals surface area (Å²) in [6.45, 7) is 1.89. The lowest BCUT2D eigenvalue weighted by molar-refractivity contribution is -0.114. The fourth-order valence-electron chi connectivity index (χ4n) is 3.50. The van der Waals surface area contributed by atoms with Crippen LogP contribution in [-0.4, -0.2) is 41.2 Å². The molecule has 1 aliphatic heterocycles. The largest absolute Gasteiger partial charge is 0.495 e. The number of nitrogens with zero attached hydrogens (tertiary/aromatic N) is 1. The van der Waals surface area contributed by atoms with Gasteiger partial charge in [-0.25, -0.2) is 12.8 Å². The fourth-order valence-corrected chi connectivity index (χ4v) is 4.93. The number of rotatable bonds is 7. The number of aryl methyl sites for hydroxylation is 1. The van der Waals surface area contributed by atoms with Gasteiger partial charge in [0.15, 0.2) is 11.5 Å². The predicted molar refractivity (Wildman–Crippen MR) is 125 cm³/mol. The van der Waals surface area contributed by atoms with E-state index in [2.05, 4.69) is 5.32 Å². The zero-order chi connectivity index (χ0) is 24.3. The average Bonchev–Trinajstić information content (AvgIpc) is 2.82. The molecule has 0 spiro atoms. The van der Waals surface area contributed by atoms with E-state index in [0.29, 0.717) is 23.8 Å². The van der Waals surface area contributed by atoms with Gasteiger partial charge < -0.3 is 19.5 Å². The lowest BCUT2D eigenvalue weighted by Crippen LogP contribution is -2.38. The van der Waals surface area contributed by atoms with E-state index in [0.717, 1.165) is 15.9 Å². The van der Waals surface area contributed by atoms with Gasteiger partial charge in [-0.2, -0.15) is 0 Å². The summed E-state index contributed by atoms with van der Waals surface area (Å²) in [4.78, 5) is 12.8. The predicted octanol–water partition coefficient (Wildman–Crippen LogP) is 3.75. The molecule has 1 heterocycles. The molecule has 1 amide bonds. The van der Waals surface area contributed by atoms with Crippen molar-refractivity contribution in [3.8, 4) is 17.2 Å². The molecule has 0 aliphatic carbocycles. The van der Waals surface area contributed by atoms with Gasteiger partial charge in [0.2, 0.25) is 5.91 Å². The van der Waals surface area contributed by atoms with Crippen LogP contribution in [0.5, 0.6) is 17.2 Å². The van der Waals surface area contributed by atoms with Crippen molar-refractivity contribution >= 4 is 27.3 Å². The number of hydrogen-bond acceptors (Lipinski definition) is 6. The smallest absolute Gasteiger partial charge is 0.264 e. The molecule has 0 radical (unpaired) electrons. The molecule has 0 saturated heterocycles. The van der Waals surface area contributed by atoms with Crippen molar-refractivity contribution in [2.75, 3.05) is 36.5 Å². The highest BCUT2D eigenvalue weighted by molar-refractivity contribution is 7.92. The van der Waals surface area contributed by atoms with Crippen molar-refractivity contribution in [1.29, 1.82) is 0 Å². The Labute approximate surface area is 196 Å². The summed E-state index contributed by atoms with van der Waals surface area (Å²) in [5.74, 6) is -0.145. The first-order valence-corrected chi connectivity index (χ1v) is 11.8. The van der Waals surface area contributed by atoms with Crippen LogP contribution in [0.3, 0.4) is 0 Å². The van der Waals surface area contributed by atoms with Crippen LogP contribution in [0.1, 0.15) is 5.56 Å². The minimum Gasteiger partial charge on any atom is -0.495 e. The molecule has 3 aromatic carbocycles. The second-order valence-electron chi connectivity index (χ2n) is 7.55. The Hall–Kier alpha value is -3.79. The fraction of sp³-hybridized carbons (Fsp3) is 0.208. The highest BCUT2D eigenvalue weighted by Gasteiger charge is 2.29. The van der Waals surface area contributed by atoms with Crippen LogP contribution in [0.25, 0.3) is 0 Å². The molecule has 0 atom stereocenters. The molecule has 0 saturated carbocycles. The van der Waals surface area contributed by atoms with E-state index < -0.39 is 28.3 Å². The molecule has 1 aliphatic rings. The molecule has 3 aromatic rings. The molecule has 1 N–H and O–H groups in total. The molecule has 4 rings (SSSR count). The van der Waals surface area contributed by atoms with Crippen LogP contribution in [0, 0.1) is 12.7 Å². The van der Waals surface area contributed by atoms with E-state index in [9.17, 15) is 17.6 Å². The summed E-state index contributed by atoms with van der Waals surface area (Å²) < 4.78 is 58.3. The van der Waals surface area contributed by atoms with Crippen molar-refractivity contribution in [2.45, 2.75) is 11.8 Å². The maximum Gasteiger partial charge on any atom is 0.264 e. The highest BCUT2D eigenvalue weighted by Crippen LogP contribution is 2.34. The van der Waals surface area contributed by atoms with E-state index in [4.69, 9.17) is 14.2 Å². The van der Waals surface area contributed by atoms with E-state index in [1.54, 1.807) is 12.1 Å². The summed E-state index contributed by atoms with van der Waals surface area (Å²) in [5, 5.41) is 2.68. The van der Waals surface area contributed by atoms with Gasteiger partial charge in [0.25, 0.3) is 10.0 Å². The van der Waals surface area contributed by atoms with Crippen molar-refractivity contribution in [1.82, 2.24) is 0 Å². The monoisotopic (exact) mass is 486 g/mol. The van der Waals surface area contributed by atoms with Crippen molar-refractivity contribution < 1.29 is 31.8 Å². The second-order valence-corrected chi connectivity index (χ2v) is 9.41. The third-order valence-corrected chi connectivity index (χ3v) is 6.88. The maximum absolute atomic E-state index is 14.0. The summed E-state index contributed by atoms with van der Waals surface area (Å²) in [6.07, 6.45) is 0. The Kier molecular flexibility index (Phi) is 6.60. The molecule has 0 unspecified atom stereocenters. The Morgan fingerprint density at radius 2 is 1.82 bits per heavy atom. The number of methoxy groups -OCH3 is 1. The van der Waals surface area contributed by atoms with Crippen molar-refractivity contribution in [3.63, 3.8) is 0 Å². The number of halogens is 1. The minimum atomic E-state index is -4.28. The SMILES string of the molecule is COc1ccc(C)cc1NC(=O)CN(c1cccc(F)c1)S(=O)(=O)c1ccc2c(c1)OCCO2. The van der Waals surface area contributed by atoms with Gasteiger partial charge in [-0.05, 0) is 55.0 Å². The lowest BCUT2D eigenvalue weighted by Gasteiger charge is -2.25. The Morgan fingerprint density at radius 3 is 2.56 bits per heavy atom. The Balaban J connectivity index is 1.69. The third-order valence-electron chi connectivity index (χ3n) is 5.11. The number of hydrogen-bond donors (Lipinski definition) is 1. The molecule has 34 heavy (non-hydrogen) atoms. The molecule has 0 bridgehead atoms. The Bertz CT molecular complexity index is 1330. The van der Waals surface area contributed by atoms with Crippen LogP contribution >= 0.6 is 0 Å². The average molecular weight is 487 g/mol. The standard InChI is InChI=1S/C24H23FN2O6S/c1-16-6-8-21(31-2)20(12-16)26-24(28)15-27(18-5-3-4-17(25)13-18)34(29,30)19-7-9-22-23(14-19)33-11-10-32-22/h3-9,12-14H,10-11,15H2,1-2H3,(H,26,28). The van der Waals surface area contributed by atoms with Crippen LogP contribution in [-0.2, 0) is 14.8 Å². The van der Waals surface area contributed by atoms with Crippen LogP contribution in [0.15, 0.2) is 65.6 Å². The van der Waals surface area contributed by atoms with Gasteiger partial charge >= 0.3 is 0 Å². The van der Waals surface area contributed by atoms with Crippen molar-refractivity contribution in [3.05, 3.63) is 72.0 Å². The normalized spacial score (nSPS) is 12.7. The summed E-state index contributed by atoms with van der Waals surface area (Å²) >= 11 is 0. The molecular weight excluding hydrogens is 463 g/mol. The first kappa shape index (κ1) is 23.4.